The fourth-order valence-corrected chi connectivity index (χ4v) is 3.25. The molecule has 1 aliphatic rings. The minimum Gasteiger partial charge on any atom is -0.379 e. The van der Waals surface area contributed by atoms with Crippen molar-refractivity contribution in [3.63, 3.8) is 0 Å². The van der Waals surface area contributed by atoms with Crippen molar-refractivity contribution in [3.8, 4) is 0 Å². The molecule has 19 heavy (non-hydrogen) atoms. The second-order valence-electron chi connectivity index (χ2n) is 6.92. The van der Waals surface area contributed by atoms with Gasteiger partial charge >= 0.3 is 0 Å². The highest BCUT2D eigenvalue weighted by Gasteiger charge is 2.32. The molecule has 0 spiro atoms. The fraction of sp³-hybridized carbons (Fsp3) is 0.688. The number of nitrogens with one attached hydrogen (secondary N) is 1. The Balaban J connectivity index is 2.10. The average molecular weight is 261 g/mol. The largest absolute Gasteiger partial charge is 0.379 e. The second-order valence-corrected chi connectivity index (χ2v) is 6.92. The van der Waals surface area contributed by atoms with Crippen molar-refractivity contribution in [3.05, 3.63) is 18.5 Å². The molecule has 1 fully saturated rings. The van der Waals surface area contributed by atoms with Crippen LogP contribution in [0.4, 0.5) is 11.4 Å². The predicted octanol–water partition coefficient (Wildman–Crippen LogP) is 3.77. The summed E-state index contributed by atoms with van der Waals surface area (Å²) >= 11 is 0. The molecule has 1 heterocycles. The van der Waals surface area contributed by atoms with E-state index in [9.17, 15) is 0 Å². The Hall–Kier alpha value is -1.25. The van der Waals surface area contributed by atoms with E-state index >= 15 is 0 Å². The monoisotopic (exact) mass is 261 g/mol. The first-order chi connectivity index (χ1) is 8.89. The molecule has 2 atom stereocenters. The van der Waals surface area contributed by atoms with Crippen LogP contribution >= 0.6 is 0 Å². The summed E-state index contributed by atoms with van der Waals surface area (Å²) < 4.78 is 0. The molecule has 1 N–H and O–H groups in total. The summed E-state index contributed by atoms with van der Waals surface area (Å²) in [6.45, 7) is 7.13. The van der Waals surface area contributed by atoms with Crippen molar-refractivity contribution in [1.82, 2.24) is 4.98 Å². The first-order valence-corrected chi connectivity index (χ1v) is 7.27. The van der Waals surface area contributed by atoms with Gasteiger partial charge in [0.2, 0.25) is 0 Å². The van der Waals surface area contributed by atoms with E-state index in [2.05, 4.69) is 56.1 Å². The Kier molecular flexibility index (Phi) is 4.02. The van der Waals surface area contributed by atoms with Crippen LogP contribution in [-0.2, 0) is 0 Å². The van der Waals surface area contributed by atoms with Gasteiger partial charge in [0.1, 0.15) is 0 Å². The molecular weight excluding hydrogens is 234 g/mol. The van der Waals surface area contributed by atoms with Crippen molar-refractivity contribution in [2.24, 2.45) is 11.3 Å². The summed E-state index contributed by atoms with van der Waals surface area (Å²) in [7, 11) is 4.15. The topological polar surface area (TPSA) is 28.2 Å². The van der Waals surface area contributed by atoms with E-state index in [1.807, 2.05) is 12.4 Å². The zero-order chi connectivity index (χ0) is 14.0. The second kappa shape index (κ2) is 5.40. The molecule has 0 bridgehead atoms. The number of rotatable bonds is 3. The Morgan fingerprint density at radius 3 is 2.74 bits per heavy atom. The van der Waals surface area contributed by atoms with Crippen LogP contribution in [0.1, 0.15) is 40.0 Å². The third kappa shape index (κ3) is 3.40. The predicted molar refractivity (Wildman–Crippen MR) is 82.8 cm³/mol. The lowest BCUT2D eigenvalue weighted by Crippen LogP contribution is -2.37. The highest BCUT2D eigenvalue weighted by Crippen LogP contribution is 2.40. The van der Waals surface area contributed by atoms with Crippen LogP contribution in [0.3, 0.4) is 0 Å². The number of aromatic nitrogens is 1. The maximum atomic E-state index is 4.26. The molecule has 106 valence electrons. The van der Waals surface area contributed by atoms with Gasteiger partial charge in [0.25, 0.3) is 0 Å². The number of pyridine rings is 1. The first-order valence-electron chi connectivity index (χ1n) is 7.27. The van der Waals surface area contributed by atoms with Crippen molar-refractivity contribution < 1.29 is 0 Å². The highest BCUT2D eigenvalue weighted by atomic mass is 15.1. The van der Waals surface area contributed by atoms with Gasteiger partial charge in [0, 0.05) is 26.3 Å². The van der Waals surface area contributed by atoms with Crippen molar-refractivity contribution in [2.45, 2.75) is 46.1 Å². The van der Waals surface area contributed by atoms with Crippen molar-refractivity contribution in [1.29, 1.82) is 0 Å². The Bertz CT molecular complexity index is 426. The molecule has 0 saturated heterocycles. The van der Waals surface area contributed by atoms with Crippen LogP contribution in [0.15, 0.2) is 18.5 Å². The highest BCUT2D eigenvalue weighted by molar-refractivity contribution is 5.68. The van der Waals surface area contributed by atoms with E-state index in [1.54, 1.807) is 0 Å². The SMILES string of the molecule is CC1CC(C)(C)CCC1Nc1cnccc1N(C)C. The first kappa shape index (κ1) is 14.2. The summed E-state index contributed by atoms with van der Waals surface area (Å²) in [5.74, 6) is 0.707. The molecule has 0 aliphatic heterocycles. The van der Waals surface area contributed by atoms with Crippen molar-refractivity contribution in [2.75, 3.05) is 24.3 Å². The van der Waals surface area contributed by atoms with Gasteiger partial charge in [-0.05, 0) is 36.7 Å². The molecular formula is C16H27N3. The third-order valence-corrected chi connectivity index (χ3v) is 4.31. The summed E-state index contributed by atoms with van der Waals surface area (Å²) in [6, 6.07) is 2.63. The van der Waals surface area contributed by atoms with E-state index < -0.39 is 0 Å². The molecule has 0 amide bonds. The lowest BCUT2D eigenvalue weighted by Gasteiger charge is -2.40. The lowest BCUT2D eigenvalue weighted by atomic mass is 9.70. The van der Waals surface area contributed by atoms with Gasteiger partial charge in [-0.2, -0.15) is 0 Å². The van der Waals surface area contributed by atoms with E-state index in [-0.39, 0.29) is 0 Å². The normalized spacial score (nSPS) is 25.9. The van der Waals surface area contributed by atoms with Crippen LogP contribution in [-0.4, -0.2) is 25.1 Å². The van der Waals surface area contributed by atoms with Crippen LogP contribution < -0.4 is 10.2 Å². The fourth-order valence-electron chi connectivity index (χ4n) is 3.25. The Morgan fingerprint density at radius 1 is 1.37 bits per heavy atom. The molecule has 3 heteroatoms. The van der Waals surface area contributed by atoms with E-state index in [4.69, 9.17) is 0 Å². The molecule has 1 aromatic heterocycles. The molecule has 0 aromatic carbocycles. The molecule has 2 unspecified atom stereocenters. The summed E-state index contributed by atoms with van der Waals surface area (Å²) in [6.07, 6.45) is 7.64. The van der Waals surface area contributed by atoms with Gasteiger partial charge in [0.05, 0.1) is 17.6 Å². The van der Waals surface area contributed by atoms with Crippen LogP contribution in [0.5, 0.6) is 0 Å². The van der Waals surface area contributed by atoms with Crippen LogP contribution in [0, 0.1) is 11.3 Å². The minimum absolute atomic E-state index is 0.497. The smallest absolute Gasteiger partial charge is 0.0766 e. The number of nitrogens with zero attached hydrogens (tertiary/aromatic N) is 2. The van der Waals surface area contributed by atoms with E-state index in [0.717, 1.165) is 5.69 Å². The molecule has 1 aliphatic carbocycles. The van der Waals surface area contributed by atoms with Gasteiger partial charge in [-0.25, -0.2) is 0 Å². The quantitative estimate of drug-likeness (QED) is 0.897. The molecule has 3 nitrogen and oxygen atoms in total. The lowest BCUT2D eigenvalue weighted by molar-refractivity contribution is 0.177. The van der Waals surface area contributed by atoms with E-state index in [0.29, 0.717) is 17.4 Å². The Morgan fingerprint density at radius 2 is 2.11 bits per heavy atom. The minimum atomic E-state index is 0.497. The zero-order valence-electron chi connectivity index (χ0n) is 12.9. The standard InChI is InChI=1S/C16H27N3/c1-12-10-16(2,3)8-6-13(12)18-14-11-17-9-7-15(14)19(4)5/h7,9,11-13,18H,6,8,10H2,1-5H3. The van der Waals surface area contributed by atoms with Crippen molar-refractivity contribution >= 4 is 11.4 Å². The maximum absolute atomic E-state index is 4.26. The third-order valence-electron chi connectivity index (χ3n) is 4.31. The van der Waals surface area contributed by atoms with Gasteiger partial charge in [-0.3, -0.25) is 4.98 Å². The van der Waals surface area contributed by atoms with E-state index in [1.165, 1.54) is 24.9 Å². The molecule has 2 rings (SSSR count). The van der Waals surface area contributed by atoms with Gasteiger partial charge in [0.15, 0.2) is 0 Å². The molecule has 0 radical (unpaired) electrons. The summed E-state index contributed by atoms with van der Waals surface area (Å²) in [4.78, 5) is 6.40. The Labute approximate surface area is 117 Å². The number of anilines is 2. The molecule has 1 aromatic rings. The van der Waals surface area contributed by atoms with Gasteiger partial charge < -0.3 is 10.2 Å². The number of hydrogen-bond acceptors (Lipinski definition) is 3. The average Bonchev–Trinajstić information content (AvgIpc) is 2.32. The van der Waals surface area contributed by atoms with Crippen LogP contribution in [0.25, 0.3) is 0 Å². The van der Waals surface area contributed by atoms with Crippen LogP contribution in [0.2, 0.25) is 0 Å². The summed E-state index contributed by atoms with van der Waals surface area (Å²) in [5, 5.41) is 3.71. The van der Waals surface area contributed by atoms with Gasteiger partial charge in [-0.15, -0.1) is 0 Å². The zero-order valence-corrected chi connectivity index (χ0v) is 12.9. The molecule has 1 saturated carbocycles. The summed E-state index contributed by atoms with van der Waals surface area (Å²) in [5.41, 5.74) is 2.87. The maximum Gasteiger partial charge on any atom is 0.0766 e. The van der Waals surface area contributed by atoms with Gasteiger partial charge in [-0.1, -0.05) is 20.8 Å². The number of hydrogen-bond donors (Lipinski definition) is 1.